The highest BCUT2D eigenvalue weighted by Gasteiger charge is 2.25. The minimum Gasteiger partial charge on any atom is -0.492 e. The van der Waals surface area contributed by atoms with Crippen molar-refractivity contribution in [2.45, 2.75) is 19.9 Å². The molecule has 0 saturated carbocycles. The summed E-state index contributed by atoms with van der Waals surface area (Å²) in [5, 5.41) is 9.95. The molecule has 0 saturated heterocycles. The Morgan fingerprint density at radius 2 is 1.94 bits per heavy atom. The van der Waals surface area contributed by atoms with Crippen LogP contribution in [0.1, 0.15) is 35.2 Å². The highest BCUT2D eigenvalue weighted by atomic mass is 35.5. The van der Waals surface area contributed by atoms with Crippen molar-refractivity contribution in [2.75, 3.05) is 12.8 Å². The summed E-state index contributed by atoms with van der Waals surface area (Å²) in [4.78, 5) is 16.2. The van der Waals surface area contributed by atoms with E-state index in [0.29, 0.717) is 5.56 Å². The van der Waals surface area contributed by atoms with Crippen LogP contribution in [-0.4, -0.2) is 28.5 Å². The van der Waals surface area contributed by atoms with E-state index >= 15 is 0 Å². The van der Waals surface area contributed by atoms with E-state index in [2.05, 4.69) is 11.6 Å². The second kappa shape index (κ2) is 9.28. The molecule has 0 fully saturated rings. The highest BCUT2D eigenvalue weighted by molar-refractivity contribution is 6.44. The van der Waals surface area contributed by atoms with Gasteiger partial charge in [0.05, 0.1) is 29.4 Å². The number of methoxy groups -OCH3 is 1. The molecule has 0 bridgehead atoms. The average Bonchev–Trinajstić information content (AvgIpc) is 3.06. The Morgan fingerprint density at radius 3 is 2.53 bits per heavy atom. The predicted molar refractivity (Wildman–Crippen MR) is 125 cm³/mol. The van der Waals surface area contributed by atoms with Gasteiger partial charge in [0.25, 0.3) is 0 Å². The number of carboxylic acids is 1. The Bertz CT molecular complexity index is 1220. The molecule has 3 rings (SSSR count). The lowest BCUT2D eigenvalue weighted by atomic mass is 10.1. The Labute approximate surface area is 190 Å². The number of hydrogen-bond donors (Lipinski definition) is 2. The van der Waals surface area contributed by atoms with Crippen molar-refractivity contribution in [1.29, 1.82) is 0 Å². The number of ether oxygens (including phenoxy) is 1. The minimum atomic E-state index is -1.31. The number of halogens is 2. The van der Waals surface area contributed by atoms with Crippen molar-refractivity contribution in [3.63, 3.8) is 0 Å². The van der Waals surface area contributed by atoms with Crippen molar-refractivity contribution in [1.82, 2.24) is 4.57 Å². The summed E-state index contributed by atoms with van der Waals surface area (Å²) in [5.74, 6) is -2.02. The zero-order chi connectivity index (χ0) is 23.6. The van der Waals surface area contributed by atoms with Crippen LogP contribution >= 0.6 is 11.6 Å². The van der Waals surface area contributed by atoms with Gasteiger partial charge in [0.2, 0.25) is 0 Å². The number of nitrogen functional groups attached to an aromatic ring is 1. The van der Waals surface area contributed by atoms with E-state index < -0.39 is 11.8 Å². The number of hydrogen-bond acceptors (Lipinski definition) is 4. The first kappa shape index (κ1) is 23.1. The minimum absolute atomic E-state index is 0.0293. The third kappa shape index (κ3) is 4.24. The topological polar surface area (TPSA) is 89.8 Å². The summed E-state index contributed by atoms with van der Waals surface area (Å²) in [6, 6.07) is 12.3. The highest BCUT2D eigenvalue weighted by Crippen LogP contribution is 2.34. The van der Waals surface area contributed by atoms with Crippen LogP contribution < -0.4 is 10.5 Å². The van der Waals surface area contributed by atoms with Crippen LogP contribution in [0.4, 0.5) is 10.2 Å². The van der Waals surface area contributed by atoms with Gasteiger partial charge < -0.3 is 20.1 Å². The lowest BCUT2D eigenvalue weighted by Crippen LogP contribution is -2.18. The van der Waals surface area contributed by atoms with E-state index in [0.717, 1.165) is 5.56 Å². The smallest absolute Gasteiger partial charge is 0.355 e. The Hall–Kier alpha value is -3.58. The molecule has 1 unspecified atom stereocenters. The molecule has 0 spiro atoms. The van der Waals surface area contributed by atoms with Gasteiger partial charge in [-0.3, -0.25) is 0 Å². The van der Waals surface area contributed by atoms with Crippen molar-refractivity contribution in [3.8, 4) is 5.75 Å². The molecule has 0 aliphatic rings. The number of aromatic nitrogens is 1. The summed E-state index contributed by atoms with van der Waals surface area (Å²) >= 11 is 5.94. The van der Waals surface area contributed by atoms with E-state index in [1.165, 1.54) is 19.2 Å². The fraction of sp³-hybridized carbons (Fsp3) is 0.167. The number of benzene rings is 2. The number of nitrogens with zero attached hydrogens (tertiary/aromatic N) is 2. The van der Waals surface area contributed by atoms with Gasteiger partial charge in [-0.1, -0.05) is 48.5 Å². The van der Waals surface area contributed by atoms with Gasteiger partial charge >= 0.3 is 5.97 Å². The van der Waals surface area contributed by atoms with Gasteiger partial charge in [-0.05, 0) is 37.1 Å². The SMILES string of the molecule is C=C(/N=C(/C(=O)O)c1c(C)cn(C(C)c2ccccc2)c1N)c1ccc(Cl)c(OC)c1F. The van der Waals surface area contributed by atoms with Crippen LogP contribution in [-0.2, 0) is 4.79 Å². The van der Waals surface area contributed by atoms with Gasteiger partial charge in [-0.25, -0.2) is 14.2 Å². The molecular weight excluding hydrogens is 433 g/mol. The van der Waals surface area contributed by atoms with Crippen LogP contribution in [0.3, 0.4) is 0 Å². The number of rotatable bonds is 7. The van der Waals surface area contributed by atoms with Crippen LogP contribution in [0.15, 0.2) is 60.2 Å². The molecular formula is C24H23ClFN3O3. The monoisotopic (exact) mass is 455 g/mol. The molecule has 0 aliphatic carbocycles. The van der Waals surface area contributed by atoms with Crippen LogP contribution in [0.2, 0.25) is 5.02 Å². The molecule has 2 aromatic carbocycles. The van der Waals surface area contributed by atoms with E-state index in [-0.39, 0.29) is 45.2 Å². The number of anilines is 1. The zero-order valence-corrected chi connectivity index (χ0v) is 18.7. The summed E-state index contributed by atoms with van der Waals surface area (Å²) in [6.07, 6.45) is 1.77. The first-order valence-electron chi connectivity index (χ1n) is 9.72. The second-order valence-corrected chi connectivity index (χ2v) is 7.63. The maximum atomic E-state index is 14.8. The molecule has 1 aromatic heterocycles. The van der Waals surface area contributed by atoms with Gasteiger partial charge in [0.1, 0.15) is 5.82 Å². The number of nitrogens with two attached hydrogens (primary N) is 1. The molecule has 1 heterocycles. The van der Waals surface area contributed by atoms with E-state index in [9.17, 15) is 14.3 Å². The molecule has 0 radical (unpaired) electrons. The average molecular weight is 456 g/mol. The largest absolute Gasteiger partial charge is 0.492 e. The molecule has 6 nitrogen and oxygen atoms in total. The molecule has 8 heteroatoms. The van der Waals surface area contributed by atoms with Crippen molar-refractivity contribution in [2.24, 2.45) is 4.99 Å². The molecule has 1 atom stereocenters. The molecule has 3 N–H and O–H groups in total. The van der Waals surface area contributed by atoms with Gasteiger partial charge in [-0.15, -0.1) is 0 Å². The number of carbonyl (C=O) groups is 1. The van der Waals surface area contributed by atoms with Crippen molar-refractivity contribution < 1.29 is 19.0 Å². The van der Waals surface area contributed by atoms with Gasteiger partial charge in [0, 0.05) is 11.8 Å². The summed E-state index contributed by atoms with van der Waals surface area (Å²) < 4.78 is 21.5. The Balaban J connectivity index is 2.09. The fourth-order valence-electron chi connectivity index (χ4n) is 3.54. The first-order valence-corrected chi connectivity index (χ1v) is 10.1. The Morgan fingerprint density at radius 1 is 1.28 bits per heavy atom. The lowest BCUT2D eigenvalue weighted by molar-refractivity contribution is -0.129. The number of aliphatic carboxylic acids is 1. The van der Waals surface area contributed by atoms with Crippen LogP contribution in [0.5, 0.6) is 5.75 Å². The van der Waals surface area contributed by atoms with Gasteiger partial charge in [-0.2, -0.15) is 0 Å². The Kier molecular flexibility index (Phi) is 6.69. The quantitative estimate of drug-likeness (QED) is 0.471. The molecule has 166 valence electrons. The fourth-order valence-corrected chi connectivity index (χ4v) is 3.77. The maximum Gasteiger partial charge on any atom is 0.355 e. The maximum absolute atomic E-state index is 14.8. The third-order valence-corrected chi connectivity index (χ3v) is 5.51. The number of carboxylic acid groups (broad SMARTS) is 1. The number of aryl methyl sites for hydroxylation is 1. The first-order chi connectivity index (χ1) is 15.2. The van der Waals surface area contributed by atoms with Crippen LogP contribution in [0.25, 0.3) is 5.70 Å². The second-order valence-electron chi connectivity index (χ2n) is 7.22. The van der Waals surface area contributed by atoms with Crippen molar-refractivity contribution in [3.05, 3.63) is 88.3 Å². The van der Waals surface area contributed by atoms with E-state index in [1.807, 2.05) is 37.3 Å². The molecule has 3 aromatic rings. The van der Waals surface area contributed by atoms with Crippen LogP contribution in [0, 0.1) is 12.7 Å². The van der Waals surface area contributed by atoms with E-state index in [1.54, 1.807) is 17.7 Å². The molecule has 0 aliphatic heterocycles. The number of aliphatic imine (C=N–C) groups is 1. The molecule has 0 amide bonds. The van der Waals surface area contributed by atoms with E-state index in [4.69, 9.17) is 22.1 Å². The summed E-state index contributed by atoms with van der Waals surface area (Å²) in [6.45, 7) is 7.45. The van der Waals surface area contributed by atoms with Gasteiger partial charge in [0.15, 0.2) is 17.3 Å². The standard InChI is InChI=1S/C24H23ClFN3O3/c1-13-12-29(15(3)16-8-6-5-7-9-16)23(27)19(13)21(24(30)31)28-14(2)17-10-11-18(25)22(32-4)20(17)26/h5-12,15H,2,27H2,1,3-4H3,(H,30,31)/b28-21+. The summed E-state index contributed by atoms with van der Waals surface area (Å²) in [7, 11) is 1.28. The predicted octanol–water partition coefficient (Wildman–Crippen LogP) is 5.33. The van der Waals surface area contributed by atoms with Crippen molar-refractivity contribution >= 4 is 34.8 Å². The third-order valence-electron chi connectivity index (χ3n) is 5.21. The summed E-state index contributed by atoms with van der Waals surface area (Å²) in [5.41, 5.74) is 7.78. The molecule has 32 heavy (non-hydrogen) atoms. The zero-order valence-electron chi connectivity index (χ0n) is 17.9. The lowest BCUT2D eigenvalue weighted by Gasteiger charge is -2.16. The normalized spacial score (nSPS) is 12.5.